The second kappa shape index (κ2) is 16.5. The van der Waals surface area contributed by atoms with Gasteiger partial charge in [-0.1, -0.05) is 116 Å². The summed E-state index contributed by atoms with van der Waals surface area (Å²) in [7, 11) is 0. The molecule has 228 valence electrons. The predicted molar refractivity (Wildman–Crippen MR) is 191 cm³/mol. The summed E-state index contributed by atoms with van der Waals surface area (Å²) < 4.78 is 0. The van der Waals surface area contributed by atoms with Crippen LogP contribution in [0.15, 0.2) is 36.4 Å². The van der Waals surface area contributed by atoms with Gasteiger partial charge in [0.05, 0.1) is 0 Å². The van der Waals surface area contributed by atoms with E-state index in [0.29, 0.717) is 0 Å². The van der Waals surface area contributed by atoms with E-state index in [2.05, 4.69) is 77.9 Å². The van der Waals surface area contributed by atoms with Gasteiger partial charge in [0, 0.05) is 0 Å². The maximum Gasteiger partial charge on any atom is -0.00959 e. The van der Waals surface area contributed by atoms with Crippen molar-refractivity contribution in [1.82, 2.24) is 0 Å². The molecule has 0 nitrogen and oxygen atoms in total. The SMILES string of the molecule is CCCCc1cc2c3cc(CCCC)c(CCCC)cc3c3cc(CCCC)c(CCCC)cc3c2cc1CCCC. The minimum atomic E-state index is 1.21. The molecule has 0 aliphatic heterocycles. The zero-order chi connectivity index (χ0) is 29.9. The molecule has 0 bridgehead atoms. The third-order valence-electron chi connectivity index (χ3n) is 9.69. The van der Waals surface area contributed by atoms with E-state index in [4.69, 9.17) is 0 Å². The Bertz CT molecular complexity index is 1120. The molecule has 4 aromatic carbocycles. The summed E-state index contributed by atoms with van der Waals surface area (Å²) >= 11 is 0. The zero-order valence-electron chi connectivity index (χ0n) is 28.2. The normalized spacial score (nSPS) is 11.9. The van der Waals surface area contributed by atoms with Crippen molar-refractivity contribution in [2.45, 2.75) is 157 Å². The Hall–Kier alpha value is -2.34. The molecule has 0 aromatic heterocycles. The molecule has 0 unspecified atom stereocenters. The Morgan fingerprint density at radius 1 is 0.262 bits per heavy atom. The van der Waals surface area contributed by atoms with Crippen molar-refractivity contribution < 1.29 is 0 Å². The highest BCUT2D eigenvalue weighted by Gasteiger charge is 2.17. The van der Waals surface area contributed by atoms with Crippen LogP contribution in [-0.4, -0.2) is 0 Å². The lowest BCUT2D eigenvalue weighted by Gasteiger charge is -2.20. The fourth-order valence-corrected chi connectivity index (χ4v) is 7.00. The fraction of sp³-hybridized carbons (Fsp3) is 0.571. The molecule has 0 heterocycles. The van der Waals surface area contributed by atoms with Crippen LogP contribution in [0, 0.1) is 0 Å². The van der Waals surface area contributed by atoms with Gasteiger partial charge in [0.1, 0.15) is 0 Å². The number of fused-ring (bicyclic) bond motifs is 6. The Labute approximate surface area is 258 Å². The van der Waals surface area contributed by atoms with Gasteiger partial charge in [-0.3, -0.25) is 0 Å². The van der Waals surface area contributed by atoms with Crippen LogP contribution in [0.1, 0.15) is 152 Å². The quantitative estimate of drug-likeness (QED) is 0.105. The largest absolute Gasteiger partial charge is 0.0654 e. The van der Waals surface area contributed by atoms with E-state index < -0.39 is 0 Å². The predicted octanol–water partition coefficient (Wildman–Crippen LogP) is 13.2. The molecule has 0 amide bonds. The number of hydrogen-bond acceptors (Lipinski definition) is 0. The first kappa shape index (κ1) is 32.6. The van der Waals surface area contributed by atoms with Crippen LogP contribution in [0.5, 0.6) is 0 Å². The van der Waals surface area contributed by atoms with E-state index in [-0.39, 0.29) is 0 Å². The minimum absolute atomic E-state index is 1.21. The third kappa shape index (κ3) is 7.59. The van der Waals surface area contributed by atoms with E-state index in [1.807, 2.05) is 0 Å². The van der Waals surface area contributed by atoms with Crippen LogP contribution >= 0.6 is 0 Å². The van der Waals surface area contributed by atoms with Gasteiger partial charge in [0.25, 0.3) is 0 Å². The van der Waals surface area contributed by atoms with Crippen LogP contribution in [0.25, 0.3) is 32.3 Å². The molecule has 4 aromatic rings. The first-order chi connectivity index (χ1) is 20.6. The van der Waals surface area contributed by atoms with E-state index in [1.165, 1.54) is 148 Å². The molecular weight excluding hydrogens is 504 g/mol. The van der Waals surface area contributed by atoms with Gasteiger partial charge in [-0.15, -0.1) is 0 Å². The molecule has 0 radical (unpaired) electrons. The lowest BCUT2D eigenvalue weighted by atomic mass is 9.84. The molecule has 0 N–H and O–H groups in total. The number of benzene rings is 4. The summed E-state index contributed by atoms with van der Waals surface area (Å²) in [6, 6.07) is 15.9. The van der Waals surface area contributed by atoms with Crippen molar-refractivity contribution >= 4 is 32.3 Å². The average molecular weight is 565 g/mol. The van der Waals surface area contributed by atoms with Gasteiger partial charge in [-0.05, 0) is 143 Å². The molecule has 0 atom stereocenters. The molecule has 4 rings (SSSR count). The second-order valence-corrected chi connectivity index (χ2v) is 13.1. The monoisotopic (exact) mass is 564 g/mol. The highest BCUT2D eigenvalue weighted by atomic mass is 14.2. The van der Waals surface area contributed by atoms with Crippen molar-refractivity contribution in [1.29, 1.82) is 0 Å². The van der Waals surface area contributed by atoms with E-state index >= 15 is 0 Å². The molecule has 42 heavy (non-hydrogen) atoms. The van der Waals surface area contributed by atoms with Crippen LogP contribution < -0.4 is 0 Å². The summed E-state index contributed by atoms with van der Waals surface area (Å²) in [6.07, 6.45) is 22.5. The topological polar surface area (TPSA) is 0 Å². The molecule has 0 saturated heterocycles. The smallest absolute Gasteiger partial charge is 0.00959 e. The van der Waals surface area contributed by atoms with Crippen molar-refractivity contribution in [3.8, 4) is 0 Å². The maximum atomic E-state index is 2.64. The van der Waals surface area contributed by atoms with Gasteiger partial charge in [0.15, 0.2) is 0 Å². The fourth-order valence-electron chi connectivity index (χ4n) is 7.00. The van der Waals surface area contributed by atoms with Crippen molar-refractivity contribution in [2.75, 3.05) is 0 Å². The molecule has 0 heteroatoms. The van der Waals surface area contributed by atoms with Gasteiger partial charge >= 0.3 is 0 Å². The summed E-state index contributed by atoms with van der Waals surface area (Å²) in [5.41, 5.74) is 9.64. The van der Waals surface area contributed by atoms with Crippen molar-refractivity contribution in [2.24, 2.45) is 0 Å². The highest BCUT2D eigenvalue weighted by molar-refractivity contribution is 6.26. The van der Waals surface area contributed by atoms with Crippen molar-refractivity contribution in [3.63, 3.8) is 0 Å². The first-order valence-electron chi connectivity index (χ1n) is 18.1. The minimum Gasteiger partial charge on any atom is -0.0654 e. The molecule has 0 fully saturated rings. The second-order valence-electron chi connectivity index (χ2n) is 13.1. The van der Waals surface area contributed by atoms with Crippen LogP contribution in [0.2, 0.25) is 0 Å². The van der Waals surface area contributed by atoms with Crippen LogP contribution in [0.3, 0.4) is 0 Å². The zero-order valence-corrected chi connectivity index (χ0v) is 28.2. The van der Waals surface area contributed by atoms with Crippen LogP contribution in [0.4, 0.5) is 0 Å². The summed E-state index contributed by atoms with van der Waals surface area (Å²) in [5.74, 6) is 0. The Kier molecular flexibility index (Phi) is 12.8. The average Bonchev–Trinajstić information content (AvgIpc) is 3.01. The Balaban J connectivity index is 2.12. The van der Waals surface area contributed by atoms with E-state index in [0.717, 1.165) is 0 Å². The standard InChI is InChI=1S/C42H60/c1-7-13-19-31-25-37-38(26-32(31)20-14-8-2)40-28-34(22-16-10-4)36(24-18-12-6)30-42(40)41-29-35(23-17-11-5)33(21-15-9-3)27-39(37)41/h25-30H,7-24H2,1-6H3. The number of unbranched alkanes of at least 4 members (excludes halogenated alkanes) is 6. The summed E-state index contributed by atoms with van der Waals surface area (Å²) in [5, 5.41) is 9.04. The molecule has 0 saturated carbocycles. The van der Waals surface area contributed by atoms with E-state index in [1.54, 1.807) is 33.4 Å². The Morgan fingerprint density at radius 3 is 0.524 bits per heavy atom. The molecule has 0 aliphatic rings. The highest BCUT2D eigenvalue weighted by Crippen LogP contribution is 2.40. The van der Waals surface area contributed by atoms with Crippen LogP contribution in [-0.2, 0) is 38.5 Å². The van der Waals surface area contributed by atoms with Gasteiger partial charge in [0.2, 0.25) is 0 Å². The lowest BCUT2D eigenvalue weighted by molar-refractivity contribution is 0.758. The van der Waals surface area contributed by atoms with Crippen molar-refractivity contribution in [3.05, 3.63) is 69.8 Å². The molecule has 0 aliphatic carbocycles. The Morgan fingerprint density at radius 2 is 0.405 bits per heavy atom. The van der Waals surface area contributed by atoms with Gasteiger partial charge in [-0.2, -0.15) is 0 Å². The third-order valence-corrected chi connectivity index (χ3v) is 9.69. The summed E-state index contributed by atoms with van der Waals surface area (Å²) in [4.78, 5) is 0. The number of aryl methyl sites for hydroxylation is 6. The maximum absolute atomic E-state index is 2.64. The first-order valence-corrected chi connectivity index (χ1v) is 18.1. The number of rotatable bonds is 18. The van der Waals surface area contributed by atoms with E-state index in [9.17, 15) is 0 Å². The molecule has 0 spiro atoms. The number of hydrogen-bond donors (Lipinski definition) is 0. The summed E-state index contributed by atoms with van der Waals surface area (Å²) in [6.45, 7) is 14.0. The lowest BCUT2D eigenvalue weighted by Crippen LogP contribution is -2.01. The van der Waals surface area contributed by atoms with Gasteiger partial charge < -0.3 is 0 Å². The molecular formula is C42H60. The van der Waals surface area contributed by atoms with Gasteiger partial charge in [-0.25, -0.2) is 0 Å².